The van der Waals surface area contributed by atoms with Crippen molar-refractivity contribution in [2.24, 2.45) is 12.0 Å². The highest BCUT2D eigenvalue weighted by molar-refractivity contribution is 14.0. The number of benzene rings is 1. The van der Waals surface area contributed by atoms with Gasteiger partial charge in [0.05, 0.1) is 12.2 Å². The van der Waals surface area contributed by atoms with Crippen molar-refractivity contribution in [3.05, 3.63) is 53.3 Å². The normalized spacial score (nSPS) is 11.1. The van der Waals surface area contributed by atoms with Gasteiger partial charge in [0.25, 0.3) is 5.91 Å². The van der Waals surface area contributed by atoms with Crippen molar-refractivity contribution in [1.29, 1.82) is 0 Å². The number of nitrogens with zero attached hydrogens (tertiary/aromatic N) is 4. The number of carbonyl (C=O) groups is 1. The molecule has 2 rings (SSSR count). The number of guanidine groups is 1. The van der Waals surface area contributed by atoms with Gasteiger partial charge < -0.3 is 20.9 Å². The molecule has 0 unspecified atom stereocenters. The summed E-state index contributed by atoms with van der Waals surface area (Å²) >= 11 is 0. The lowest BCUT2D eigenvalue weighted by Crippen LogP contribution is -2.36. The van der Waals surface area contributed by atoms with Crippen LogP contribution in [0, 0.1) is 0 Å². The highest BCUT2D eigenvalue weighted by atomic mass is 127. The second kappa shape index (κ2) is 12.3. The van der Waals surface area contributed by atoms with Gasteiger partial charge in [-0.05, 0) is 37.9 Å². The predicted octanol–water partition coefficient (Wildman–Crippen LogP) is 1.19. The summed E-state index contributed by atoms with van der Waals surface area (Å²) in [7, 11) is 7.59. The van der Waals surface area contributed by atoms with Gasteiger partial charge in [-0.3, -0.25) is 14.5 Å². The summed E-state index contributed by atoms with van der Waals surface area (Å²) in [4.78, 5) is 18.5. The summed E-state index contributed by atoms with van der Waals surface area (Å²) < 4.78 is 1.82. The van der Waals surface area contributed by atoms with Crippen LogP contribution in [0.5, 0.6) is 0 Å². The number of aliphatic imine (C=N–C) groups is 1. The van der Waals surface area contributed by atoms with E-state index in [0.717, 1.165) is 17.8 Å². The molecule has 1 heterocycles. The van der Waals surface area contributed by atoms with Crippen molar-refractivity contribution in [3.63, 3.8) is 0 Å². The first-order valence-corrected chi connectivity index (χ1v) is 8.93. The Labute approximate surface area is 183 Å². The van der Waals surface area contributed by atoms with Gasteiger partial charge in [0.2, 0.25) is 0 Å². The first kappa shape index (κ1) is 23.9. The molecule has 0 aliphatic rings. The average Bonchev–Trinajstić information content (AvgIpc) is 3.06. The van der Waals surface area contributed by atoms with Gasteiger partial charge in [0, 0.05) is 45.5 Å². The molecule has 3 N–H and O–H groups in total. The number of halogens is 1. The van der Waals surface area contributed by atoms with Crippen LogP contribution in [0.2, 0.25) is 0 Å². The van der Waals surface area contributed by atoms with Gasteiger partial charge in [-0.1, -0.05) is 12.1 Å². The summed E-state index contributed by atoms with van der Waals surface area (Å²) in [5.74, 6) is 0.634. The average molecular weight is 499 g/mol. The minimum Gasteiger partial charge on any atom is -0.352 e. The molecule has 0 fully saturated rings. The lowest BCUT2D eigenvalue weighted by Gasteiger charge is -2.13. The maximum absolute atomic E-state index is 12.2. The first-order valence-electron chi connectivity index (χ1n) is 8.93. The second-order valence-corrected chi connectivity index (χ2v) is 6.49. The monoisotopic (exact) mass is 499 g/mol. The standard InChI is InChI=1S/C19H29N7O.HI/c1-20-19(23-14-17-8-9-24-26(17)4)22-13-15-6-5-7-16(12-15)18(27)21-10-11-25(2)3;/h5-9,12H,10-11,13-14H2,1-4H3,(H,21,27)(H2,20,22,23);1H. The van der Waals surface area contributed by atoms with Gasteiger partial charge in [-0.25, -0.2) is 0 Å². The summed E-state index contributed by atoms with van der Waals surface area (Å²) in [6.07, 6.45) is 1.77. The summed E-state index contributed by atoms with van der Waals surface area (Å²) in [5.41, 5.74) is 2.74. The molecule has 0 atom stereocenters. The molecular formula is C19H30IN7O. The van der Waals surface area contributed by atoms with Crippen molar-refractivity contribution in [3.8, 4) is 0 Å². The largest absolute Gasteiger partial charge is 0.352 e. The molecule has 0 radical (unpaired) electrons. The van der Waals surface area contributed by atoms with Crippen molar-refractivity contribution in [2.75, 3.05) is 34.2 Å². The second-order valence-electron chi connectivity index (χ2n) is 6.49. The van der Waals surface area contributed by atoms with E-state index in [2.05, 4.69) is 26.0 Å². The van der Waals surface area contributed by atoms with E-state index in [9.17, 15) is 4.79 Å². The topological polar surface area (TPSA) is 86.6 Å². The predicted molar refractivity (Wildman–Crippen MR) is 123 cm³/mol. The van der Waals surface area contributed by atoms with E-state index in [4.69, 9.17) is 0 Å². The first-order chi connectivity index (χ1) is 13.0. The fourth-order valence-corrected chi connectivity index (χ4v) is 2.47. The minimum atomic E-state index is -0.0579. The molecule has 1 aromatic heterocycles. The number of hydrogen-bond acceptors (Lipinski definition) is 4. The maximum atomic E-state index is 12.2. The zero-order valence-electron chi connectivity index (χ0n) is 16.9. The van der Waals surface area contributed by atoms with E-state index in [1.54, 1.807) is 13.2 Å². The Hall–Kier alpha value is -2.14. The number of aromatic nitrogens is 2. The van der Waals surface area contributed by atoms with E-state index in [-0.39, 0.29) is 29.9 Å². The van der Waals surface area contributed by atoms with Gasteiger partial charge in [-0.2, -0.15) is 5.10 Å². The van der Waals surface area contributed by atoms with Crippen molar-refractivity contribution in [1.82, 2.24) is 30.6 Å². The molecule has 8 nitrogen and oxygen atoms in total. The van der Waals surface area contributed by atoms with Crippen LogP contribution in [0.3, 0.4) is 0 Å². The summed E-state index contributed by atoms with van der Waals surface area (Å²) in [5, 5.41) is 13.6. The maximum Gasteiger partial charge on any atom is 0.251 e. The van der Waals surface area contributed by atoms with E-state index in [1.165, 1.54) is 0 Å². The zero-order valence-corrected chi connectivity index (χ0v) is 19.2. The Balaban J connectivity index is 0.00000392. The molecule has 0 aliphatic heterocycles. The van der Waals surface area contributed by atoms with Crippen LogP contribution in [0.25, 0.3) is 0 Å². The number of hydrogen-bond donors (Lipinski definition) is 3. The van der Waals surface area contributed by atoms with Crippen molar-refractivity contribution >= 4 is 35.8 Å². The van der Waals surface area contributed by atoms with E-state index in [0.29, 0.717) is 31.2 Å². The Kier molecular flexibility index (Phi) is 10.5. The molecule has 9 heteroatoms. The van der Waals surface area contributed by atoms with Crippen LogP contribution in [-0.2, 0) is 20.1 Å². The molecule has 1 amide bonds. The number of amides is 1. The van der Waals surface area contributed by atoms with Gasteiger partial charge in [-0.15, -0.1) is 24.0 Å². The van der Waals surface area contributed by atoms with Crippen LogP contribution in [0.1, 0.15) is 21.6 Å². The van der Waals surface area contributed by atoms with E-state index in [1.807, 2.05) is 61.1 Å². The summed E-state index contributed by atoms with van der Waals surface area (Å²) in [6.45, 7) is 2.64. The van der Waals surface area contributed by atoms with Crippen LogP contribution >= 0.6 is 24.0 Å². The number of aryl methyl sites for hydroxylation is 1. The summed E-state index contributed by atoms with van der Waals surface area (Å²) in [6, 6.07) is 9.55. The quantitative estimate of drug-likeness (QED) is 0.289. The Bertz CT molecular complexity index is 773. The number of rotatable bonds is 8. The smallest absolute Gasteiger partial charge is 0.251 e. The SMILES string of the molecule is CN=C(NCc1cccc(C(=O)NCCN(C)C)c1)NCc1ccnn1C.I. The highest BCUT2D eigenvalue weighted by Gasteiger charge is 2.07. The van der Waals surface area contributed by atoms with E-state index >= 15 is 0 Å². The molecule has 28 heavy (non-hydrogen) atoms. The third-order valence-electron chi connectivity index (χ3n) is 4.08. The molecule has 1 aromatic carbocycles. The molecule has 0 bridgehead atoms. The molecule has 0 aliphatic carbocycles. The van der Waals surface area contributed by atoms with Crippen molar-refractivity contribution < 1.29 is 4.79 Å². The third kappa shape index (κ3) is 7.85. The fourth-order valence-electron chi connectivity index (χ4n) is 2.47. The molecule has 0 saturated heterocycles. The fraction of sp³-hybridized carbons (Fsp3) is 0.421. The Morgan fingerprint density at radius 2 is 1.93 bits per heavy atom. The van der Waals surface area contributed by atoms with Crippen LogP contribution < -0.4 is 16.0 Å². The van der Waals surface area contributed by atoms with Gasteiger partial charge >= 0.3 is 0 Å². The third-order valence-corrected chi connectivity index (χ3v) is 4.08. The van der Waals surface area contributed by atoms with E-state index < -0.39 is 0 Å². The Morgan fingerprint density at radius 3 is 2.57 bits per heavy atom. The highest BCUT2D eigenvalue weighted by Crippen LogP contribution is 2.05. The number of nitrogens with one attached hydrogen (secondary N) is 3. The molecule has 2 aromatic rings. The minimum absolute atomic E-state index is 0. The van der Waals surface area contributed by atoms with Crippen LogP contribution in [0.15, 0.2) is 41.5 Å². The molecule has 154 valence electrons. The lowest BCUT2D eigenvalue weighted by molar-refractivity contribution is 0.0951. The van der Waals surface area contributed by atoms with Crippen LogP contribution in [-0.4, -0.2) is 60.8 Å². The Morgan fingerprint density at radius 1 is 1.18 bits per heavy atom. The molecular weight excluding hydrogens is 469 g/mol. The number of carbonyl (C=O) groups excluding carboxylic acids is 1. The van der Waals surface area contributed by atoms with Gasteiger partial charge in [0.15, 0.2) is 5.96 Å². The zero-order chi connectivity index (χ0) is 19.6. The van der Waals surface area contributed by atoms with Gasteiger partial charge in [0.1, 0.15) is 0 Å². The lowest BCUT2D eigenvalue weighted by atomic mass is 10.1. The molecule has 0 saturated carbocycles. The number of likely N-dealkylation sites (N-methyl/N-ethyl adjacent to an activating group) is 1. The van der Waals surface area contributed by atoms with Crippen LogP contribution in [0.4, 0.5) is 0 Å². The molecule has 0 spiro atoms. The van der Waals surface area contributed by atoms with Crippen molar-refractivity contribution in [2.45, 2.75) is 13.1 Å².